The molecule has 0 N–H and O–H groups in total. The third-order valence-electron chi connectivity index (χ3n) is 6.36. The molecule has 0 radical (unpaired) electrons. The average molecular weight is 420 g/mol. The maximum absolute atomic E-state index is 14.1. The largest absolute Gasteiger partial charge is 0.338 e. The summed E-state index contributed by atoms with van der Waals surface area (Å²) in [5.41, 5.74) is 1.33. The molecule has 6 heteroatoms. The summed E-state index contributed by atoms with van der Waals surface area (Å²) >= 11 is 0. The van der Waals surface area contributed by atoms with E-state index in [2.05, 4.69) is 0 Å². The number of nitrogens with zero attached hydrogens (tertiary/aromatic N) is 2. The zero-order valence-electron chi connectivity index (χ0n) is 17.0. The number of halogens is 2. The summed E-state index contributed by atoms with van der Waals surface area (Å²) in [7, 11) is 0. The Morgan fingerprint density at radius 3 is 2.65 bits per heavy atom. The van der Waals surface area contributed by atoms with Gasteiger partial charge in [-0.3, -0.25) is 9.59 Å². The van der Waals surface area contributed by atoms with Crippen molar-refractivity contribution < 1.29 is 18.4 Å². The van der Waals surface area contributed by atoms with Crippen LogP contribution in [0.2, 0.25) is 0 Å². The third kappa shape index (κ3) is 3.46. The van der Waals surface area contributed by atoms with Gasteiger partial charge in [0.25, 0.3) is 5.91 Å². The van der Waals surface area contributed by atoms with Crippen molar-refractivity contribution in [2.75, 3.05) is 24.5 Å². The van der Waals surface area contributed by atoms with E-state index in [0.29, 0.717) is 55.7 Å². The van der Waals surface area contributed by atoms with E-state index in [4.69, 9.17) is 0 Å². The van der Waals surface area contributed by atoms with E-state index in [1.807, 2.05) is 42.5 Å². The van der Waals surface area contributed by atoms with Gasteiger partial charge in [-0.25, -0.2) is 8.78 Å². The summed E-state index contributed by atoms with van der Waals surface area (Å²) in [6.07, 6.45) is 1.74. The number of carbonyl (C=O) groups excluding carboxylic acids is 2. The molecule has 1 fully saturated rings. The van der Waals surface area contributed by atoms with Crippen LogP contribution in [0.25, 0.3) is 10.8 Å². The van der Waals surface area contributed by atoms with E-state index in [-0.39, 0.29) is 17.7 Å². The number of hydrogen-bond donors (Lipinski definition) is 0. The van der Waals surface area contributed by atoms with Crippen molar-refractivity contribution in [1.29, 1.82) is 0 Å². The average Bonchev–Trinajstić information content (AvgIpc) is 3.22. The molecule has 1 unspecified atom stereocenters. The second-order valence-corrected chi connectivity index (χ2v) is 8.24. The molecule has 2 heterocycles. The Kier molecular flexibility index (Phi) is 4.93. The van der Waals surface area contributed by atoms with Crippen LogP contribution in [0.15, 0.2) is 54.6 Å². The van der Waals surface area contributed by atoms with Crippen molar-refractivity contribution in [2.24, 2.45) is 5.92 Å². The maximum atomic E-state index is 14.1. The Morgan fingerprint density at radius 2 is 1.77 bits per heavy atom. The summed E-state index contributed by atoms with van der Waals surface area (Å²) in [5.74, 6) is -1.94. The lowest BCUT2D eigenvalue weighted by Crippen LogP contribution is -2.46. The lowest BCUT2D eigenvalue weighted by molar-refractivity contribution is -0.123. The van der Waals surface area contributed by atoms with Crippen LogP contribution in [0, 0.1) is 17.6 Å². The number of amides is 2. The van der Waals surface area contributed by atoms with E-state index in [1.165, 1.54) is 11.0 Å². The summed E-state index contributed by atoms with van der Waals surface area (Å²) in [6.45, 7) is 1.23. The summed E-state index contributed by atoms with van der Waals surface area (Å²) in [4.78, 5) is 29.8. The van der Waals surface area contributed by atoms with Gasteiger partial charge >= 0.3 is 0 Å². The predicted molar refractivity (Wildman–Crippen MR) is 115 cm³/mol. The second kappa shape index (κ2) is 7.76. The fourth-order valence-electron chi connectivity index (χ4n) is 4.82. The van der Waals surface area contributed by atoms with Gasteiger partial charge in [0.2, 0.25) is 5.91 Å². The number of piperidine rings is 1. The van der Waals surface area contributed by atoms with Gasteiger partial charge in [0.05, 0.1) is 11.6 Å². The molecule has 2 aliphatic rings. The molecule has 3 aromatic rings. The van der Waals surface area contributed by atoms with Gasteiger partial charge in [-0.15, -0.1) is 0 Å². The van der Waals surface area contributed by atoms with E-state index in [0.717, 1.165) is 16.8 Å². The number of rotatable bonds is 2. The normalized spacial score (nSPS) is 18.3. The number of carbonyl (C=O) groups is 2. The molecule has 0 aliphatic carbocycles. The molecule has 158 valence electrons. The molecular formula is C25H22F2N2O2. The summed E-state index contributed by atoms with van der Waals surface area (Å²) in [5, 5.41) is 1.89. The molecule has 31 heavy (non-hydrogen) atoms. The molecule has 1 saturated heterocycles. The molecule has 0 spiro atoms. The minimum absolute atomic E-state index is 0.0896. The van der Waals surface area contributed by atoms with E-state index < -0.39 is 11.6 Å². The minimum atomic E-state index is -0.688. The van der Waals surface area contributed by atoms with Gasteiger partial charge in [-0.1, -0.05) is 36.4 Å². The highest BCUT2D eigenvalue weighted by atomic mass is 19.1. The molecule has 0 aromatic heterocycles. The smallest absolute Gasteiger partial charge is 0.254 e. The van der Waals surface area contributed by atoms with Crippen LogP contribution in [0.4, 0.5) is 14.5 Å². The molecule has 0 bridgehead atoms. The van der Waals surface area contributed by atoms with Crippen molar-refractivity contribution >= 4 is 28.3 Å². The first kappa shape index (κ1) is 19.7. The number of likely N-dealkylation sites (tertiary alicyclic amines) is 1. The molecule has 2 aliphatic heterocycles. The molecule has 4 nitrogen and oxygen atoms in total. The standard InChI is InChI=1S/C25H22F2N2O2/c26-18-13-22(27)21-10-12-29(23(21)14-18)24(30)17-7-4-11-28(15-17)25(31)20-9-3-6-16-5-1-2-8-19(16)20/h1-3,5-6,8-9,13-14,17H,4,7,10-12,15H2. The number of anilines is 1. The van der Waals surface area contributed by atoms with Crippen LogP contribution in [-0.4, -0.2) is 36.3 Å². The first-order valence-electron chi connectivity index (χ1n) is 10.6. The van der Waals surface area contributed by atoms with E-state index in [1.54, 1.807) is 4.90 Å². The van der Waals surface area contributed by atoms with Crippen molar-refractivity contribution in [2.45, 2.75) is 19.3 Å². The van der Waals surface area contributed by atoms with Gasteiger partial charge in [0.1, 0.15) is 11.6 Å². The maximum Gasteiger partial charge on any atom is 0.254 e. The Hall–Kier alpha value is -3.28. The van der Waals surface area contributed by atoms with Crippen molar-refractivity contribution in [3.8, 4) is 0 Å². The van der Waals surface area contributed by atoms with Crippen LogP contribution in [-0.2, 0) is 11.2 Å². The summed E-state index contributed by atoms with van der Waals surface area (Å²) in [6, 6.07) is 15.5. The Morgan fingerprint density at radius 1 is 0.968 bits per heavy atom. The van der Waals surface area contributed by atoms with Gasteiger partial charge in [0.15, 0.2) is 0 Å². The van der Waals surface area contributed by atoms with Gasteiger partial charge in [0, 0.05) is 36.8 Å². The highest BCUT2D eigenvalue weighted by Gasteiger charge is 2.35. The monoisotopic (exact) mass is 420 g/mol. The lowest BCUT2D eigenvalue weighted by atomic mass is 9.95. The topological polar surface area (TPSA) is 40.6 Å². The molecule has 2 amide bonds. The number of fused-ring (bicyclic) bond motifs is 2. The quantitative estimate of drug-likeness (QED) is 0.610. The van der Waals surface area contributed by atoms with Gasteiger partial charge < -0.3 is 9.80 Å². The zero-order chi connectivity index (χ0) is 21.5. The molecular weight excluding hydrogens is 398 g/mol. The molecule has 3 aromatic carbocycles. The van der Waals surface area contributed by atoms with Crippen molar-refractivity contribution in [3.63, 3.8) is 0 Å². The van der Waals surface area contributed by atoms with Crippen molar-refractivity contribution in [1.82, 2.24) is 4.90 Å². The fraction of sp³-hybridized carbons (Fsp3) is 0.280. The minimum Gasteiger partial charge on any atom is -0.338 e. The van der Waals surface area contributed by atoms with Gasteiger partial charge in [-0.05, 0) is 42.2 Å². The summed E-state index contributed by atoms with van der Waals surface area (Å²) < 4.78 is 27.8. The highest BCUT2D eigenvalue weighted by Crippen LogP contribution is 2.34. The van der Waals surface area contributed by atoms with Crippen LogP contribution < -0.4 is 4.90 Å². The Labute approximate surface area is 179 Å². The molecule has 0 saturated carbocycles. The molecule has 5 rings (SSSR count). The van der Waals surface area contributed by atoms with Gasteiger partial charge in [-0.2, -0.15) is 0 Å². The molecule has 1 atom stereocenters. The number of hydrogen-bond acceptors (Lipinski definition) is 2. The number of benzene rings is 3. The van der Waals surface area contributed by atoms with E-state index in [9.17, 15) is 18.4 Å². The zero-order valence-corrected chi connectivity index (χ0v) is 17.0. The third-order valence-corrected chi connectivity index (χ3v) is 6.36. The van der Waals surface area contributed by atoms with E-state index >= 15 is 0 Å². The van der Waals surface area contributed by atoms with Crippen molar-refractivity contribution in [3.05, 3.63) is 77.4 Å². The lowest BCUT2D eigenvalue weighted by Gasteiger charge is -2.34. The highest BCUT2D eigenvalue weighted by molar-refractivity contribution is 6.07. The van der Waals surface area contributed by atoms with Crippen LogP contribution in [0.3, 0.4) is 0 Å². The second-order valence-electron chi connectivity index (χ2n) is 8.24. The SMILES string of the molecule is O=C(c1cccc2ccccc12)N1CCCC(C(=O)N2CCc3c(F)cc(F)cc32)C1. The fourth-order valence-corrected chi connectivity index (χ4v) is 4.82. The van der Waals surface area contributed by atoms with Crippen LogP contribution in [0.1, 0.15) is 28.8 Å². The van der Waals surface area contributed by atoms with Crippen LogP contribution >= 0.6 is 0 Å². The Balaban J connectivity index is 1.38. The first-order valence-corrected chi connectivity index (χ1v) is 10.6. The first-order chi connectivity index (χ1) is 15.0. The predicted octanol–water partition coefficient (Wildman–Crippen LogP) is 4.56. The van der Waals surface area contributed by atoms with Crippen LogP contribution in [0.5, 0.6) is 0 Å². The Bertz CT molecular complexity index is 1190.